The minimum atomic E-state index is -0.698. The van der Waals surface area contributed by atoms with Gasteiger partial charge in [-0.05, 0) is 37.6 Å². The largest absolute Gasteiger partial charge is 0.496 e. The number of benzene rings is 2. The van der Waals surface area contributed by atoms with E-state index in [4.69, 9.17) is 18.9 Å². The molecule has 0 atom stereocenters. The minimum Gasteiger partial charge on any atom is -0.496 e. The van der Waals surface area contributed by atoms with E-state index in [-0.39, 0.29) is 5.56 Å². The zero-order chi connectivity index (χ0) is 20.5. The van der Waals surface area contributed by atoms with Gasteiger partial charge in [-0.15, -0.1) is 0 Å². The maximum absolute atomic E-state index is 12.3. The lowest BCUT2D eigenvalue weighted by Gasteiger charge is -2.13. The lowest BCUT2D eigenvalue weighted by atomic mass is 10.1. The zero-order valence-corrected chi connectivity index (χ0v) is 16.5. The van der Waals surface area contributed by atoms with Crippen molar-refractivity contribution in [2.45, 2.75) is 13.8 Å². The van der Waals surface area contributed by atoms with Crippen LogP contribution in [0.4, 0.5) is 0 Å². The quantitative estimate of drug-likeness (QED) is 0.526. The van der Waals surface area contributed by atoms with Crippen LogP contribution in [0.1, 0.15) is 21.5 Å². The number of nitrogens with one attached hydrogen (secondary N) is 1. The van der Waals surface area contributed by atoms with Crippen LogP contribution in [0.2, 0.25) is 0 Å². The summed E-state index contributed by atoms with van der Waals surface area (Å²) in [6.07, 6.45) is 0. The molecule has 2 aromatic rings. The number of esters is 1. The molecule has 0 unspecified atom stereocenters. The lowest BCUT2D eigenvalue weighted by Crippen LogP contribution is -2.32. The number of aryl methyl sites for hydroxylation is 2. The van der Waals surface area contributed by atoms with Gasteiger partial charge in [0.1, 0.15) is 29.4 Å². The summed E-state index contributed by atoms with van der Waals surface area (Å²) < 4.78 is 21.0. The topological polar surface area (TPSA) is 83.1 Å². The summed E-state index contributed by atoms with van der Waals surface area (Å²) in [4.78, 5) is 24.2. The Morgan fingerprint density at radius 2 is 1.64 bits per heavy atom. The Balaban J connectivity index is 1.79. The van der Waals surface area contributed by atoms with Crippen molar-refractivity contribution in [1.82, 2.24) is 5.32 Å². The van der Waals surface area contributed by atoms with Crippen molar-refractivity contribution < 1.29 is 28.5 Å². The van der Waals surface area contributed by atoms with Crippen LogP contribution in [0, 0.1) is 13.8 Å². The summed E-state index contributed by atoms with van der Waals surface area (Å²) in [5.41, 5.74) is 2.33. The van der Waals surface area contributed by atoms with Crippen molar-refractivity contribution >= 4 is 11.9 Å². The predicted octanol–water partition coefficient (Wildman–Crippen LogP) is 2.67. The van der Waals surface area contributed by atoms with Crippen LogP contribution >= 0.6 is 0 Å². The van der Waals surface area contributed by atoms with E-state index in [9.17, 15) is 9.59 Å². The van der Waals surface area contributed by atoms with Crippen LogP contribution < -0.4 is 19.5 Å². The maximum atomic E-state index is 12.3. The van der Waals surface area contributed by atoms with Gasteiger partial charge in [0.2, 0.25) is 0 Å². The number of amides is 1. The summed E-state index contributed by atoms with van der Waals surface area (Å²) in [7, 11) is 2.88. The molecular formula is C21H25NO6. The maximum Gasteiger partial charge on any atom is 0.346 e. The van der Waals surface area contributed by atoms with Gasteiger partial charge in [0, 0.05) is 0 Å². The minimum absolute atomic E-state index is 0.137. The highest BCUT2D eigenvalue weighted by molar-refractivity contribution is 5.96. The fourth-order valence-corrected chi connectivity index (χ4v) is 2.62. The molecule has 0 aliphatic rings. The van der Waals surface area contributed by atoms with Crippen LogP contribution in [0.3, 0.4) is 0 Å². The van der Waals surface area contributed by atoms with Gasteiger partial charge >= 0.3 is 5.97 Å². The molecule has 0 heterocycles. The van der Waals surface area contributed by atoms with E-state index >= 15 is 0 Å². The summed E-state index contributed by atoms with van der Waals surface area (Å²) >= 11 is 0. The van der Waals surface area contributed by atoms with Gasteiger partial charge in [-0.25, -0.2) is 4.79 Å². The van der Waals surface area contributed by atoms with Crippen molar-refractivity contribution in [2.75, 3.05) is 34.0 Å². The normalized spacial score (nSPS) is 10.1. The van der Waals surface area contributed by atoms with Gasteiger partial charge in [0.05, 0.1) is 20.8 Å². The first-order valence-corrected chi connectivity index (χ1v) is 8.81. The molecule has 7 heteroatoms. The molecule has 0 aromatic heterocycles. The summed E-state index contributed by atoms with van der Waals surface area (Å²) in [6, 6.07) is 10.8. The molecule has 28 heavy (non-hydrogen) atoms. The third-order valence-electron chi connectivity index (χ3n) is 3.98. The highest BCUT2D eigenvalue weighted by Gasteiger charge is 2.20. The Kier molecular flexibility index (Phi) is 7.68. The standard InChI is InChI=1S/C21H25NO6/c1-14-8-9-16(15(2)12-14)27-11-10-22-19(23)13-28-21(24)20-17(25-3)6-5-7-18(20)26-4/h5-9,12H,10-11,13H2,1-4H3,(H,22,23). The molecule has 0 radical (unpaired) electrons. The van der Waals surface area contributed by atoms with Crippen LogP contribution in [-0.2, 0) is 9.53 Å². The third kappa shape index (κ3) is 5.64. The first-order valence-electron chi connectivity index (χ1n) is 8.81. The number of hydrogen-bond acceptors (Lipinski definition) is 6. The Morgan fingerprint density at radius 1 is 0.964 bits per heavy atom. The average molecular weight is 387 g/mol. The Bertz CT molecular complexity index is 811. The molecule has 2 rings (SSSR count). The Morgan fingerprint density at radius 3 is 2.25 bits per heavy atom. The van der Waals surface area contributed by atoms with Gasteiger partial charge in [-0.3, -0.25) is 4.79 Å². The van der Waals surface area contributed by atoms with Crippen molar-refractivity contribution in [3.05, 3.63) is 53.1 Å². The van der Waals surface area contributed by atoms with E-state index in [2.05, 4.69) is 5.32 Å². The lowest BCUT2D eigenvalue weighted by molar-refractivity contribution is -0.124. The van der Waals surface area contributed by atoms with Gasteiger partial charge in [0.15, 0.2) is 6.61 Å². The van der Waals surface area contributed by atoms with Crippen LogP contribution in [-0.4, -0.2) is 45.9 Å². The van der Waals surface area contributed by atoms with Crippen LogP contribution in [0.15, 0.2) is 36.4 Å². The number of ether oxygens (including phenoxy) is 4. The number of methoxy groups -OCH3 is 2. The van der Waals surface area contributed by atoms with E-state index in [1.807, 2.05) is 32.0 Å². The number of hydrogen-bond donors (Lipinski definition) is 1. The van der Waals surface area contributed by atoms with E-state index in [1.54, 1.807) is 18.2 Å². The second-order valence-corrected chi connectivity index (χ2v) is 6.08. The molecule has 0 bridgehead atoms. The van der Waals surface area contributed by atoms with Crippen molar-refractivity contribution in [3.63, 3.8) is 0 Å². The van der Waals surface area contributed by atoms with Gasteiger partial charge < -0.3 is 24.3 Å². The fourth-order valence-electron chi connectivity index (χ4n) is 2.62. The smallest absolute Gasteiger partial charge is 0.346 e. The molecule has 0 saturated heterocycles. The second-order valence-electron chi connectivity index (χ2n) is 6.08. The molecule has 2 aromatic carbocycles. The molecule has 7 nitrogen and oxygen atoms in total. The molecule has 1 N–H and O–H groups in total. The highest BCUT2D eigenvalue weighted by Crippen LogP contribution is 2.28. The first kappa shape index (κ1) is 21.1. The summed E-state index contributed by atoms with van der Waals surface area (Å²) in [6.45, 7) is 4.17. The van der Waals surface area contributed by atoms with Crippen molar-refractivity contribution in [1.29, 1.82) is 0 Å². The van der Waals surface area contributed by atoms with E-state index in [1.165, 1.54) is 14.2 Å². The van der Waals surface area contributed by atoms with E-state index in [0.29, 0.717) is 24.7 Å². The SMILES string of the molecule is COc1cccc(OC)c1C(=O)OCC(=O)NCCOc1ccc(C)cc1C. The molecule has 0 aliphatic heterocycles. The van der Waals surface area contributed by atoms with Crippen LogP contribution in [0.5, 0.6) is 17.2 Å². The van der Waals surface area contributed by atoms with Crippen LogP contribution in [0.25, 0.3) is 0 Å². The molecular weight excluding hydrogens is 362 g/mol. The first-order chi connectivity index (χ1) is 13.5. The second kappa shape index (κ2) is 10.2. The van der Waals surface area contributed by atoms with Gasteiger partial charge in [0.25, 0.3) is 5.91 Å². The van der Waals surface area contributed by atoms with Gasteiger partial charge in [-0.1, -0.05) is 23.8 Å². The van der Waals surface area contributed by atoms with Crippen molar-refractivity contribution in [2.24, 2.45) is 0 Å². The predicted molar refractivity (Wildman–Crippen MR) is 104 cm³/mol. The molecule has 0 saturated carbocycles. The molecule has 0 spiro atoms. The third-order valence-corrected chi connectivity index (χ3v) is 3.98. The van der Waals surface area contributed by atoms with Crippen molar-refractivity contribution in [3.8, 4) is 17.2 Å². The molecule has 1 amide bonds. The highest BCUT2D eigenvalue weighted by atomic mass is 16.5. The number of carbonyl (C=O) groups excluding carboxylic acids is 2. The van der Waals surface area contributed by atoms with E-state index in [0.717, 1.165) is 16.9 Å². The molecule has 150 valence electrons. The Labute approximate surface area is 164 Å². The Hall–Kier alpha value is -3.22. The fraction of sp³-hybridized carbons (Fsp3) is 0.333. The number of rotatable bonds is 9. The van der Waals surface area contributed by atoms with Gasteiger partial charge in [-0.2, -0.15) is 0 Å². The zero-order valence-electron chi connectivity index (χ0n) is 16.5. The monoisotopic (exact) mass is 387 g/mol. The van der Waals surface area contributed by atoms with E-state index < -0.39 is 18.5 Å². The summed E-state index contributed by atoms with van der Waals surface area (Å²) in [5, 5.41) is 2.64. The average Bonchev–Trinajstić information content (AvgIpc) is 2.69. The number of carbonyl (C=O) groups is 2. The molecule has 0 fully saturated rings. The molecule has 0 aliphatic carbocycles. The summed E-state index contributed by atoms with van der Waals surface area (Å²) in [5.74, 6) is 0.273.